The van der Waals surface area contributed by atoms with Crippen LogP contribution in [0.5, 0.6) is 0 Å². The van der Waals surface area contributed by atoms with Gasteiger partial charge in [-0.05, 0) is 24.6 Å². The molecule has 6 heteroatoms. The zero-order valence-corrected chi connectivity index (χ0v) is 16.6. The molecule has 0 aliphatic heterocycles. The van der Waals surface area contributed by atoms with E-state index in [0.717, 1.165) is 5.56 Å². The van der Waals surface area contributed by atoms with Gasteiger partial charge < -0.3 is 5.11 Å². The van der Waals surface area contributed by atoms with Crippen LogP contribution in [0.1, 0.15) is 25.0 Å². The molecule has 27 heavy (non-hydrogen) atoms. The summed E-state index contributed by atoms with van der Waals surface area (Å²) in [5, 5.41) is 10.1. The molecule has 5 nitrogen and oxygen atoms in total. The molecule has 2 aromatic rings. The zero-order valence-electron chi connectivity index (χ0n) is 15.8. The van der Waals surface area contributed by atoms with Crippen LogP contribution in [0.2, 0.25) is 0 Å². The molecule has 144 valence electrons. The van der Waals surface area contributed by atoms with Crippen LogP contribution in [-0.2, 0) is 21.2 Å². The Morgan fingerprint density at radius 3 is 2.15 bits per heavy atom. The SMILES string of the molecule is C=CC(C)(C)C(Cc1ccccc1)(NS(=O)(=O)c1ccc(C)cc1)C(=O)O. The highest BCUT2D eigenvalue weighted by molar-refractivity contribution is 7.89. The lowest BCUT2D eigenvalue weighted by Gasteiger charge is -2.42. The van der Waals surface area contributed by atoms with Gasteiger partial charge in [-0.25, -0.2) is 8.42 Å². The van der Waals surface area contributed by atoms with Crippen LogP contribution in [0, 0.1) is 12.3 Å². The van der Waals surface area contributed by atoms with Crippen LogP contribution in [0.3, 0.4) is 0 Å². The molecule has 0 aliphatic carbocycles. The number of nitrogens with one attached hydrogen (secondary N) is 1. The maximum absolute atomic E-state index is 13.0. The Balaban J connectivity index is 2.59. The molecule has 0 bridgehead atoms. The minimum absolute atomic E-state index is 0.0200. The molecule has 1 unspecified atom stereocenters. The van der Waals surface area contributed by atoms with Crippen molar-refractivity contribution < 1.29 is 18.3 Å². The Hall–Kier alpha value is -2.44. The fraction of sp³-hybridized carbons (Fsp3) is 0.286. The maximum Gasteiger partial charge on any atom is 0.326 e. The molecule has 0 saturated carbocycles. The molecule has 0 heterocycles. The number of aliphatic carboxylic acids is 1. The second kappa shape index (κ2) is 7.66. The smallest absolute Gasteiger partial charge is 0.326 e. The van der Waals surface area contributed by atoms with Gasteiger partial charge in [0.25, 0.3) is 0 Å². The number of aryl methyl sites for hydroxylation is 1. The van der Waals surface area contributed by atoms with Crippen molar-refractivity contribution in [3.05, 3.63) is 78.4 Å². The van der Waals surface area contributed by atoms with E-state index in [0.29, 0.717) is 5.56 Å². The number of rotatable bonds is 8. The van der Waals surface area contributed by atoms with E-state index in [-0.39, 0.29) is 11.3 Å². The first-order valence-electron chi connectivity index (χ1n) is 8.56. The summed E-state index contributed by atoms with van der Waals surface area (Å²) >= 11 is 0. The minimum atomic E-state index is -4.07. The van der Waals surface area contributed by atoms with Crippen LogP contribution in [0.25, 0.3) is 0 Å². The van der Waals surface area contributed by atoms with Gasteiger partial charge in [0.15, 0.2) is 0 Å². The van der Waals surface area contributed by atoms with E-state index in [2.05, 4.69) is 11.3 Å². The molecule has 0 saturated heterocycles. The van der Waals surface area contributed by atoms with E-state index in [1.165, 1.54) is 18.2 Å². The summed E-state index contributed by atoms with van der Waals surface area (Å²) in [5.41, 5.74) is -1.25. The van der Waals surface area contributed by atoms with Gasteiger partial charge >= 0.3 is 5.97 Å². The highest BCUT2D eigenvalue weighted by Crippen LogP contribution is 2.37. The molecule has 0 aliphatic rings. The standard InChI is InChI=1S/C21H25NO4S/c1-5-20(3,4)21(19(23)24,15-17-9-7-6-8-10-17)22-27(25,26)18-13-11-16(2)12-14-18/h5-14,22H,1,15H2,2-4H3,(H,23,24). The zero-order chi connectivity index (χ0) is 20.3. The highest BCUT2D eigenvalue weighted by Gasteiger charge is 2.52. The van der Waals surface area contributed by atoms with Crippen molar-refractivity contribution in [1.82, 2.24) is 4.72 Å². The summed E-state index contributed by atoms with van der Waals surface area (Å²) in [4.78, 5) is 12.4. The molecule has 0 radical (unpaired) electrons. The Kier molecular flexibility index (Phi) is 5.92. The first-order chi connectivity index (χ1) is 12.5. The van der Waals surface area contributed by atoms with E-state index in [1.54, 1.807) is 50.2 Å². The van der Waals surface area contributed by atoms with Crippen molar-refractivity contribution in [2.45, 2.75) is 37.6 Å². The third kappa shape index (κ3) is 4.28. The highest BCUT2D eigenvalue weighted by atomic mass is 32.2. The van der Waals surface area contributed by atoms with Gasteiger partial charge in [-0.1, -0.05) is 68.0 Å². The van der Waals surface area contributed by atoms with Crippen molar-refractivity contribution in [2.24, 2.45) is 5.41 Å². The summed E-state index contributed by atoms with van der Waals surface area (Å²) in [6.07, 6.45) is 1.45. The number of sulfonamides is 1. The van der Waals surface area contributed by atoms with Crippen LogP contribution < -0.4 is 4.72 Å². The average Bonchev–Trinajstić information content (AvgIpc) is 2.61. The second-order valence-electron chi connectivity index (χ2n) is 7.22. The van der Waals surface area contributed by atoms with Gasteiger partial charge in [0.1, 0.15) is 5.54 Å². The van der Waals surface area contributed by atoms with Gasteiger partial charge in [0.2, 0.25) is 10.0 Å². The lowest BCUT2D eigenvalue weighted by atomic mass is 9.69. The number of benzene rings is 2. The summed E-state index contributed by atoms with van der Waals surface area (Å²) in [5.74, 6) is -1.26. The van der Waals surface area contributed by atoms with Crippen LogP contribution in [0.15, 0.2) is 72.1 Å². The van der Waals surface area contributed by atoms with Gasteiger partial charge in [0, 0.05) is 11.8 Å². The maximum atomic E-state index is 13.0. The average molecular weight is 388 g/mol. The topological polar surface area (TPSA) is 83.5 Å². The number of carboxylic acid groups (broad SMARTS) is 1. The Morgan fingerprint density at radius 2 is 1.67 bits per heavy atom. The summed E-state index contributed by atoms with van der Waals surface area (Å²) in [6, 6.07) is 15.2. The van der Waals surface area contributed by atoms with Crippen LogP contribution in [-0.4, -0.2) is 25.0 Å². The third-order valence-corrected chi connectivity index (χ3v) is 6.44. The molecule has 0 amide bonds. The second-order valence-corrected chi connectivity index (χ2v) is 8.90. The molecule has 2 aromatic carbocycles. The van der Waals surface area contributed by atoms with Crippen molar-refractivity contribution in [1.29, 1.82) is 0 Å². The van der Waals surface area contributed by atoms with Gasteiger partial charge in [-0.15, -0.1) is 6.58 Å². The van der Waals surface area contributed by atoms with E-state index < -0.39 is 26.9 Å². The van der Waals surface area contributed by atoms with Crippen molar-refractivity contribution in [3.63, 3.8) is 0 Å². The van der Waals surface area contributed by atoms with E-state index in [1.807, 2.05) is 13.0 Å². The number of carboxylic acids is 1. The molecule has 0 spiro atoms. The van der Waals surface area contributed by atoms with E-state index in [4.69, 9.17) is 0 Å². The van der Waals surface area contributed by atoms with E-state index >= 15 is 0 Å². The lowest BCUT2D eigenvalue weighted by molar-refractivity contribution is -0.147. The van der Waals surface area contributed by atoms with Gasteiger partial charge in [0.05, 0.1) is 4.90 Å². The number of carbonyl (C=O) groups is 1. The number of hydrogen-bond donors (Lipinski definition) is 2. The molecule has 1 atom stereocenters. The van der Waals surface area contributed by atoms with Crippen LogP contribution in [0.4, 0.5) is 0 Å². The number of hydrogen-bond acceptors (Lipinski definition) is 3. The normalized spacial score (nSPS) is 14.3. The third-order valence-electron chi connectivity index (χ3n) is 4.93. The molecule has 0 fully saturated rings. The van der Waals surface area contributed by atoms with Gasteiger partial charge in [-0.2, -0.15) is 4.72 Å². The summed E-state index contributed by atoms with van der Waals surface area (Å²) in [6.45, 7) is 8.91. The summed E-state index contributed by atoms with van der Waals surface area (Å²) in [7, 11) is -4.07. The summed E-state index contributed by atoms with van der Waals surface area (Å²) < 4.78 is 28.5. The first kappa shape index (κ1) is 20.9. The largest absolute Gasteiger partial charge is 0.480 e. The molecular formula is C21H25NO4S. The predicted octanol–water partition coefficient (Wildman–Crippen LogP) is 3.55. The molecular weight excluding hydrogens is 362 g/mol. The van der Waals surface area contributed by atoms with Crippen molar-refractivity contribution in [2.75, 3.05) is 0 Å². The Labute approximate surface area is 160 Å². The fourth-order valence-corrected chi connectivity index (χ4v) is 4.37. The molecule has 0 aromatic heterocycles. The first-order valence-corrected chi connectivity index (χ1v) is 10.0. The van der Waals surface area contributed by atoms with Crippen molar-refractivity contribution in [3.8, 4) is 0 Å². The van der Waals surface area contributed by atoms with Crippen LogP contribution >= 0.6 is 0 Å². The van der Waals surface area contributed by atoms with Crippen molar-refractivity contribution >= 4 is 16.0 Å². The predicted molar refractivity (Wildman–Crippen MR) is 106 cm³/mol. The lowest BCUT2D eigenvalue weighted by Crippen LogP contribution is -2.64. The Morgan fingerprint density at radius 1 is 1.11 bits per heavy atom. The minimum Gasteiger partial charge on any atom is -0.480 e. The quantitative estimate of drug-likeness (QED) is 0.679. The molecule has 2 N–H and O–H groups in total. The molecule has 2 rings (SSSR count). The van der Waals surface area contributed by atoms with E-state index in [9.17, 15) is 18.3 Å². The monoisotopic (exact) mass is 387 g/mol. The Bertz CT molecular complexity index is 918. The fourth-order valence-electron chi connectivity index (χ4n) is 2.87. The van der Waals surface area contributed by atoms with Gasteiger partial charge in [-0.3, -0.25) is 4.79 Å².